The first kappa shape index (κ1) is 17.0. The van der Waals surface area contributed by atoms with Crippen LogP contribution in [0.3, 0.4) is 0 Å². The van der Waals surface area contributed by atoms with Gasteiger partial charge in [-0.2, -0.15) is 0 Å². The molecule has 2 rings (SSSR count). The Labute approximate surface area is 137 Å². The first-order valence-electron chi connectivity index (χ1n) is 7.72. The fraction of sp³-hybridized carbons (Fsp3) is 0.316. The van der Waals surface area contributed by atoms with Crippen LogP contribution in [0.15, 0.2) is 42.5 Å². The van der Waals surface area contributed by atoms with Gasteiger partial charge in [0.25, 0.3) is 0 Å². The molecule has 0 aliphatic carbocycles. The van der Waals surface area contributed by atoms with Gasteiger partial charge in [0.2, 0.25) is 0 Å². The van der Waals surface area contributed by atoms with Gasteiger partial charge < -0.3 is 14.8 Å². The first-order valence-corrected chi connectivity index (χ1v) is 7.72. The zero-order valence-electron chi connectivity index (χ0n) is 13.9. The smallest absolute Gasteiger partial charge is 0.309 e. The second-order valence-corrected chi connectivity index (χ2v) is 5.23. The van der Waals surface area contributed by atoms with Crippen LogP contribution in [0.5, 0.6) is 5.75 Å². The summed E-state index contributed by atoms with van der Waals surface area (Å²) >= 11 is 0. The summed E-state index contributed by atoms with van der Waals surface area (Å²) in [6.45, 7) is 3.75. The molecule has 0 saturated heterocycles. The molecule has 0 unspecified atom stereocenters. The molecule has 2 aromatic rings. The van der Waals surface area contributed by atoms with Crippen molar-refractivity contribution >= 4 is 5.97 Å². The third-order valence-corrected chi connectivity index (χ3v) is 3.69. The van der Waals surface area contributed by atoms with E-state index in [0.29, 0.717) is 0 Å². The number of benzene rings is 2. The lowest BCUT2D eigenvalue weighted by molar-refractivity contribution is -0.139. The zero-order valence-corrected chi connectivity index (χ0v) is 13.9. The number of ether oxygens (including phenoxy) is 2. The molecule has 4 nitrogen and oxygen atoms in total. The Kier molecular flexibility index (Phi) is 6.18. The normalized spacial score (nSPS) is 10.4. The molecule has 122 valence electrons. The Morgan fingerprint density at radius 2 is 1.91 bits per heavy atom. The Morgan fingerprint density at radius 3 is 2.61 bits per heavy atom. The predicted molar refractivity (Wildman–Crippen MR) is 91.5 cm³/mol. The van der Waals surface area contributed by atoms with E-state index in [1.54, 1.807) is 7.11 Å². The SMILES string of the molecule is CCNCc1cccc(OC)c1-c1cccc(CC(=O)OC)c1. The molecule has 0 aliphatic heterocycles. The van der Waals surface area contributed by atoms with Gasteiger partial charge in [0, 0.05) is 12.1 Å². The van der Waals surface area contributed by atoms with E-state index in [2.05, 4.69) is 18.3 Å². The van der Waals surface area contributed by atoms with Crippen LogP contribution in [0.2, 0.25) is 0 Å². The topological polar surface area (TPSA) is 47.6 Å². The van der Waals surface area contributed by atoms with Crippen molar-refractivity contribution in [2.24, 2.45) is 0 Å². The van der Waals surface area contributed by atoms with Crippen LogP contribution in [-0.2, 0) is 22.5 Å². The maximum Gasteiger partial charge on any atom is 0.309 e. The van der Waals surface area contributed by atoms with Gasteiger partial charge in [-0.05, 0) is 29.3 Å². The van der Waals surface area contributed by atoms with Crippen LogP contribution >= 0.6 is 0 Å². The lowest BCUT2D eigenvalue weighted by atomic mass is 9.96. The minimum Gasteiger partial charge on any atom is -0.496 e. The molecule has 0 amide bonds. The van der Waals surface area contributed by atoms with Gasteiger partial charge in [-0.15, -0.1) is 0 Å². The lowest BCUT2D eigenvalue weighted by Gasteiger charge is -2.15. The van der Waals surface area contributed by atoms with Crippen LogP contribution in [0.1, 0.15) is 18.1 Å². The van der Waals surface area contributed by atoms with Crippen molar-refractivity contribution in [1.82, 2.24) is 5.32 Å². The van der Waals surface area contributed by atoms with E-state index in [0.717, 1.165) is 35.5 Å². The van der Waals surface area contributed by atoms with Crippen LogP contribution in [0.4, 0.5) is 0 Å². The Balaban J connectivity index is 2.43. The highest BCUT2D eigenvalue weighted by molar-refractivity contribution is 5.77. The summed E-state index contributed by atoms with van der Waals surface area (Å²) in [6, 6.07) is 14.0. The number of hydrogen-bond acceptors (Lipinski definition) is 4. The Hall–Kier alpha value is -2.33. The number of rotatable bonds is 7. The van der Waals surface area contributed by atoms with E-state index in [1.807, 2.05) is 36.4 Å². The van der Waals surface area contributed by atoms with E-state index >= 15 is 0 Å². The highest BCUT2D eigenvalue weighted by Gasteiger charge is 2.12. The van der Waals surface area contributed by atoms with Gasteiger partial charge in [-0.25, -0.2) is 0 Å². The molecule has 23 heavy (non-hydrogen) atoms. The van der Waals surface area contributed by atoms with E-state index in [9.17, 15) is 4.79 Å². The fourth-order valence-electron chi connectivity index (χ4n) is 2.56. The Morgan fingerprint density at radius 1 is 1.13 bits per heavy atom. The van der Waals surface area contributed by atoms with Crippen LogP contribution in [0, 0.1) is 0 Å². The van der Waals surface area contributed by atoms with Gasteiger partial charge in [0.1, 0.15) is 5.75 Å². The third-order valence-electron chi connectivity index (χ3n) is 3.69. The van der Waals surface area contributed by atoms with E-state index in [-0.39, 0.29) is 12.4 Å². The third kappa shape index (κ3) is 4.33. The molecule has 2 aromatic carbocycles. The summed E-state index contributed by atoms with van der Waals surface area (Å²) in [7, 11) is 3.08. The summed E-state index contributed by atoms with van der Waals surface area (Å²) in [5, 5.41) is 3.35. The summed E-state index contributed by atoms with van der Waals surface area (Å²) < 4.78 is 10.3. The average molecular weight is 313 g/mol. The minimum absolute atomic E-state index is 0.241. The summed E-state index contributed by atoms with van der Waals surface area (Å²) in [5.41, 5.74) is 4.19. The van der Waals surface area contributed by atoms with Gasteiger partial charge in [0.05, 0.1) is 20.6 Å². The number of methoxy groups -OCH3 is 2. The minimum atomic E-state index is -0.241. The predicted octanol–water partition coefficient (Wildman–Crippen LogP) is 3.19. The second-order valence-electron chi connectivity index (χ2n) is 5.23. The van der Waals surface area contributed by atoms with Gasteiger partial charge in [-0.3, -0.25) is 4.79 Å². The first-order chi connectivity index (χ1) is 11.2. The maximum atomic E-state index is 11.5. The van der Waals surface area contributed by atoms with Crippen molar-refractivity contribution in [3.63, 3.8) is 0 Å². The van der Waals surface area contributed by atoms with E-state index in [1.165, 1.54) is 12.7 Å². The largest absolute Gasteiger partial charge is 0.496 e. The molecular weight excluding hydrogens is 290 g/mol. The number of hydrogen-bond donors (Lipinski definition) is 1. The molecule has 0 aliphatic rings. The molecule has 0 saturated carbocycles. The van der Waals surface area contributed by atoms with Crippen LogP contribution < -0.4 is 10.1 Å². The summed E-state index contributed by atoms with van der Waals surface area (Å²) in [4.78, 5) is 11.5. The molecule has 0 atom stereocenters. The molecule has 0 fully saturated rings. The maximum absolute atomic E-state index is 11.5. The summed E-state index contributed by atoms with van der Waals surface area (Å²) in [6.07, 6.45) is 0.266. The van der Waals surface area contributed by atoms with Gasteiger partial charge in [0.15, 0.2) is 0 Å². The molecule has 1 N–H and O–H groups in total. The number of carbonyl (C=O) groups is 1. The standard InChI is InChI=1S/C19H23NO3/c1-4-20-13-16-9-6-10-17(22-2)19(16)15-8-5-7-14(11-15)12-18(21)23-3/h5-11,20H,4,12-13H2,1-3H3. The summed E-state index contributed by atoms with van der Waals surface area (Å²) in [5.74, 6) is 0.589. The monoisotopic (exact) mass is 313 g/mol. The molecule has 0 radical (unpaired) electrons. The lowest BCUT2D eigenvalue weighted by Crippen LogP contribution is -2.13. The average Bonchev–Trinajstić information content (AvgIpc) is 2.59. The molecule has 0 spiro atoms. The van der Waals surface area contributed by atoms with Crippen LogP contribution in [-0.4, -0.2) is 26.7 Å². The van der Waals surface area contributed by atoms with Crippen molar-refractivity contribution < 1.29 is 14.3 Å². The van der Waals surface area contributed by atoms with Crippen molar-refractivity contribution in [3.05, 3.63) is 53.6 Å². The molecule has 0 bridgehead atoms. The van der Waals surface area contributed by atoms with E-state index < -0.39 is 0 Å². The molecular formula is C19H23NO3. The number of nitrogens with one attached hydrogen (secondary N) is 1. The number of carbonyl (C=O) groups excluding carboxylic acids is 1. The molecule has 0 heterocycles. The highest BCUT2D eigenvalue weighted by Crippen LogP contribution is 2.34. The van der Waals surface area contributed by atoms with Crippen molar-refractivity contribution in [2.45, 2.75) is 19.9 Å². The van der Waals surface area contributed by atoms with Crippen molar-refractivity contribution in [1.29, 1.82) is 0 Å². The second kappa shape index (κ2) is 8.34. The quantitative estimate of drug-likeness (QED) is 0.798. The molecule has 4 heteroatoms. The van der Waals surface area contributed by atoms with Gasteiger partial charge in [-0.1, -0.05) is 43.3 Å². The zero-order chi connectivity index (χ0) is 16.7. The highest BCUT2D eigenvalue weighted by atomic mass is 16.5. The fourth-order valence-corrected chi connectivity index (χ4v) is 2.56. The van der Waals surface area contributed by atoms with Crippen molar-refractivity contribution in [3.8, 4) is 16.9 Å². The Bertz CT molecular complexity index is 667. The van der Waals surface area contributed by atoms with Gasteiger partial charge >= 0.3 is 5.97 Å². The van der Waals surface area contributed by atoms with E-state index in [4.69, 9.17) is 9.47 Å². The molecule has 0 aromatic heterocycles. The van der Waals surface area contributed by atoms with Crippen molar-refractivity contribution in [2.75, 3.05) is 20.8 Å². The number of esters is 1. The van der Waals surface area contributed by atoms with Crippen LogP contribution in [0.25, 0.3) is 11.1 Å².